The minimum Gasteiger partial charge on any atom is -0.393 e. The van der Waals surface area contributed by atoms with Crippen LogP contribution in [0.5, 0.6) is 0 Å². The first-order chi connectivity index (χ1) is 8.18. The van der Waals surface area contributed by atoms with E-state index in [0.29, 0.717) is 19.8 Å². The summed E-state index contributed by atoms with van der Waals surface area (Å²) in [4.78, 5) is 0. The number of epoxide rings is 3. The van der Waals surface area contributed by atoms with Crippen LogP contribution in [-0.2, 0) is 14.2 Å². The van der Waals surface area contributed by atoms with Gasteiger partial charge in [-0.05, 0) is 20.8 Å². The Hall–Kier alpha value is -0.240. The highest BCUT2D eigenvalue weighted by atomic mass is 16.7. The molecule has 3 rings (SSSR count). The van der Waals surface area contributed by atoms with Gasteiger partial charge in [0.05, 0.1) is 26.4 Å². The van der Waals surface area contributed by atoms with Gasteiger partial charge >= 0.3 is 0 Å². The number of hydrogen-bond donors (Lipinski definition) is 3. The molecular formula is C12H20O6. The van der Waals surface area contributed by atoms with Crippen molar-refractivity contribution in [2.45, 2.75) is 48.8 Å². The number of aliphatic hydroxyl groups is 3. The molecule has 0 aromatic heterocycles. The van der Waals surface area contributed by atoms with Crippen LogP contribution in [0.25, 0.3) is 0 Å². The normalized spacial score (nSPS) is 52.3. The number of ether oxygens (including phenoxy) is 3. The molecule has 3 N–H and O–H groups in total. The molecule has 0 bridgehead atoms. The average Bonchev–Trinajstić information content (AvgIpc) is 3.18. The van der Waals surface area contributed by atoms with Gasteiger partial charge in [0.25, 0.3) is 0 Å². The molecule has 0 aliphatic carbocycles. The van der Waals surface area contributed by atoms with E-state index in [2.05, 4.69) is 0 Å². The molecule has 3 heterocycles. The maximum atomic E-state index is 11.2. The lowest BCUT2D eigenvalue weighted by atomic mass is 9.62. The van der Waals surface area contributed by atoms with Crippen LogP contribution in [0.2, 0.25) is 0 Å². The molecule has 6 heteroatoms. The molecule has 3 saturated heterocycles. The van der Waals surface area contributed by atoms with Crippen molar-refractivity contribution in [2.75, 3.05) is 26.4 Å². The Morgan fingerprint density at radius 2 is 1.22 bits per heavy atom. The van der Waals surface area contributed by atoms with Crippen LogP contribution < -0.4 is 0 Å². The molecule has 6 nitrogen and oxygen atoms in total. The zero-order chi connectivity index (χ0) is 13.4. The number of hydrogen-bond acceptors (Lipinski definition) is 6. The molecule has 0 amide bonds. The lowest BCUT2D eigenvalue weighted by molar-refractivity contribution is -0.251. The van der Waals surface area contributed by atoms with E-state index in [4.69, 9.17) is 14.2 Å². The van der Waals surface area contributed by atoms with Crippen LogP contribution in [0.4, 0.5) is 0 Å². The summed E-state index contributed by atoms with van der Waals surface area (Å²) in [7, 11) is 0. The molecule has 104 valence electrons. The second-order valence-corrected chi connectivity index (χ2v) is 6.29. The van der Waals surface area contributed by atoms with Crippen LogP contribution in [0, 0.1) is 0 Å². The summed E-state index contributed by atoms with van der Waals surface area (Å²) in [5.74, 6) is 0. The maximum absolute atomic E-state index is 11.2. The Morgan fingerprint density at radius 3 is 1.44 bits per heavy atom. The van der Waals surface area contributed by atoms with E-state index in [9.17, 15) is 15.3 Å². The fourth-order valence-electron chi connectivity index (χ4n) is 3.08. The van der Waals surface area contributed by atoms with Gasteiger partial charge in [0.2, 0.25) is 0 Å². The molecule has 18 heavy (non-hydrogen) atoms. The standard InChI is InChI=1S/C12H20O6/c1-8(5-16-8)11(14,4-13)12(15,9(2)6-17-9)10(3)7-18-10/h13-15H,4-7H2,1-3H3. The van der Waals surface area contributed by atoms with Crippen molar-refractivity contribution < 1.29 is 29.5 Å². The summed E-state index contributed by atoms with van der Waals surface area (Å²) in [5, 5.41) is 31.7. The van der Waals surface area contributed by atoms with E-state index in [1.54, 1.807) is 20.8 Å². The van der Waals surface area contributed by atoms with Gasteiger partial charge < -0.3 is 29.5 Å². The molecule has 0 aromatic rings. The molecule has 3 fully saturated rings. The van der Waals surface area contributed by atoms with Gasteiger partial charge in [0, 0.05) is 0 Å². The second-order valence-electron chi connectivity index (χ2n) is 6.29. The summed E-state index contributed by atoms with van der Waals surface area (Å²) in [6.07, 6.45) is 0. The van der Waals surface area contributed by atoms with Crippen LogP contribution in [0.1, 0.15) is 20.8 Å². The van der Waals surface area contributed by atoms with Gasteiger partial charge in [0.1, 0.15) is 16.8 Å². The first-order valence-electron chi connectivity index (χ1n) is 6.16. The largest absolute Gasteiger partial charge is 0.393 e. The van der Waals surface area contributed by atoms with E-state index in [-0.39, 0.29) is 0 Å². The Morgan fingerprint density at radius 1 is 0.889 bits per heavy atom. The number of rotatable bonds is 5. The minimum atomic E-state index is -1.82. The Kier molecular flexibility index (Phi) is 2.19. The van der Waals surface area contributed by atoms with E-state index in [0.717, 1.165) is 0 Å². The SMILES string of the molecule is CC1(C(O)(CO)C(O)(C2(C)CO2)C2(C)CO2)CO1. The van der Waals surface area contributed by atoms with Crippen molar-refractivity contribution in [3.05, 3.63) is 0 Å². The predicted octanol–water partition coefficient (Wildman–Crippen LogP) is -1.19. The van der Waals surface area contributed by atoms with Gasteiger partial charge in [-0.3, -0.25) is 0 Å². The average molecular weight is 260 g/mol. The topological polar surface area (TPSA) is 98.3 Å². The smallest absolute Gasteiger partial charge is 0.160 e. The molecule has 0 spiro atoms. The van der Waals surface area contributed by atoms with Gasteiger partial charge in [-0.15, -0.1) is 0 Å². The molecule has 0 radical (unpaired) electrons. The highest BCUT2D eigenvalue weighted by Gasteiger charge is 2.83. The zero-order valence-corrected chi connectivity index (χ0v) is 10.9. The lowest BCUT2D eigenvalue weighted by Gasteiger charge is -2.49. The van der Waals surface area contributed by atoms with Crippen molar-refractivity contribution in [1.82, 2.24) is 0 Å². The van der Waals surface area contributed by atoms with Gasteiger partial charge in [-0.25, -0.2) is 0 Å². The zero-order valence-electron chi connectivity index (χ0n) is 10.9. The minimum absolute atomic E-state index is 0.290. The molecule has 3 aliphatic heterocycles. The van der Waals surface area contributed by atoms with Crippen LogP contribution in [0.15, 0.2) is 0 Å². The summed E-state index contributed by atoms with van der Waals surface area (Å²) in [6, 6.07) is 0. The molecule has 0 saturated carbocycles. The van der Waals surface area contributed by atoms with Gasteiger partial charge in [-0.1, -0.05) is 0 Å². The summed E-state index contributed by atoms with van der Waals surface area (Å²) in [6.45, 7) is 5.42. The van der Waals surface area contributed by atoms with Crippen molar-refractivity contribution in [2.24, 2.45) is 0 Å². The van der Waals surface area contributed by atoms with Crippen LogP contribution in [-0.4, -0.2) is 69.8 Å². The quantitative estimate of drug-likeness (QED) is 0.538. The van der Waals surface area contributed by atoms with E-state index in [1.165, 1.54) is 0 Å². The Bertz CT molecular complexity index is 364. The third-order valence-corrected chi connectivity index (χ3v) is 4.96. The third kappa shape index (κ3) is 1.19. The van der Waals surface area contributed by atoms with Crippen LogP contribution >= 0.6 is 0 Å². The van der Waals surface area contributed by atoms with Crippen molar-refractivity contribution >= 4 is 0 Å². The maximum Gasteiger partial charge on any atom is 0.160 e. The highest BCUT2D eigenvalue weighted by Crippen LogP contribution is 2.60. The monoisotopic (exact) mass is 260 g/mol. The van der Waals surface area contributed by atoms with Crippen molar-refractivity contribution in [3.63, 3.8) is 0 Å². The van der Waals surface area contributed by atoms with E-state index < -0.39 is 34.6 Å². The molecule has 3 aliphatic rings. The molecular weight excluding hydrogens is 240 g/mol. The van der Waals surface area contributed by atoms with Crippen molar-refractivity contribution in [3.8, 4) is 0 Å². The molecule has 4 unspecified atom stereocenters. The first kappa shape index (κ1) is 12.8. The van der Waals surface area contributed by atoms with Crippen LogP contribution in [0.3, 0.4) is 0 Å². The second kappa shape index (κ2) is 3.08. The Labute approximate surface area is 105 Å². The summed E-state index contributed by atoms with van der Waals surface area (Å²) in [5.41, 5.74) is -6.36. The highest BCUT2D eigenvalue weighted by molar-refractivity contribution is 5.32. The fraction of sp³-hybridized carbons (Fsp3) is 1.00. The van der Waals surface area contributed by atoms with Gasteiger partial charge in [-0.2, -0.15) is 0 Å². The van der Waals surface area contributed by atoms with E-state index in [1.807, 2.05) is 0 Å². The van der Waals surface area contributed by atoms with Crippen molar-refractivity contribution in [1.29, 1.82) is 0 Å². The molecule has 4 atom stereocenters. The van der Waals surface area contributed by atoms with E-state index >= 15 is 0 Å². The number of aliphatic hydroxyl groups excluding tert-OH is 1. The lowest BCUT2D eigenvalue weighted by Crippen LogP contribution is -2.75. The first-order valence-corrected chi connectivity index (χ1v) is 6.16. The summed E-state index contributed by atoms with van der Waals surface area (Å²) >= 11 is 0. The van der Waals surface area contributed by atoms with Gasteiger partial charge in [0.15, 0.2) is 11.2 Å². The molecule has 0 aromatic carbocycles. The Balaban J connectivity index is 2.09. The summed E-state index contributed by atoms with van der Waals surface area (Å²) < 4.78 is 15.9. The third-order valence-electron chi connectivity index (χ3n) is 4.96. The fourth-order valence-corrected chi connectivity index (χ4v) is 3.08. The predicted molar refractivity (Wildman–Crippen MR) is 60.1 cm³/mol.